The van der Waals surface area contributed by atoms with Crippen molar-refractivity contribution < 1.29 is 9.18 Å². The molecular weight excluding hydrogens is 239 g/mol. The van der Waals surface area contributed by atoms with Crippen LogP contribution in [0.25, 0.3) is 5.82 Å². The minimum absolute atomic E-state index is 0.0398. The van der Waals surface area contributed by atoms with E-state index in [9.17, 15) is 9.18 Å². The molecule has 2 rings (SSSR count). The molecule has 1 amide bonds. The standard InChI is InChI=1S/C10H11FN6O/c1-2-13-10-14-5-6(11)9(15-10)17-4-3-7(16-17)8(12)18/h3-5H,2H2,1H3,(H2,12,18)(H,13,14,15). The van der Waals surface area contributed by atoms with Crippen LogP contribution in [0.5, 0.6) is 0 Å². The monoisotopic (exact) mass is 250 g/mol. The molecule has 0 spiro atoms. The van der Waals surface area contributed by atoms with Crippen LogP contribution in [-0.4, -0.2) is 32.2 Å². The number of anilines is 1. The van der Waals surface area contributed by atoms with E-state index in [1.807, 2.05) is 6.92 Å². The van der Waals surface area contributed by atoms with Crippen molar-refractivity contribution in [3.05, 3.63) is 30.0 Å². The SMILES string of the molecule is CCNc1ncc(F)c(-n2ccc(C(N)=O)n2)n1. The Morgan fingerprint density at radius 2 is 2.39 bits per heavy atom. The van der Waals surface area contributed by atoms with E-state index in [0.717, 1.165) is 10.9 Å². The van der Waals surface area contributed by atoms with Gasteiger partial charge in [0.1, 0.15) is 5.69 Å². The summed E-state index contributed by atoms with van der Waals surface area (Å²) in [6.45, 7) is 2.47. The van der Waals surface area contributed by atoms with Gasteiger partial charge in [0, 0.05) is 12.7 Å². The molecule has 2 heterocycles. The Morgan fingerprint density at radius 1 is 1.61 bits per heavy atom. The Morgan fingerprint density at radius 3 is 3.00 bits per heavy atom. The topological polar surface area (TPSA) is 98.7 Å². The third-order valence-corrected chi connectivity index (χ3v) is 2.12. The van der Waals surface area contributed by atoms with E-state index in [1.54, 1.807) is 0 Å². The summed E-state index contributed by atoms with van der Waals surface area (Å²) >= 11 is 0. The molecule has 0 saturated carbocycles. The van der Waals surface area contributed by atoms with Crippen LogP contribution in [-0.2, 0) is 0 Å². The number of nitrogens with one attached hydrogen (secondary N) is 1. The molecule has 7 nitrogen and oxygen atoms in total. The lowest BCUT2D eigenvalue weighted by molar-refractivity contribution is 0.0995. The molecule has 0 atom stereocenters. The van der Waals surface area contributed by atoms with Gasteiger partial charge >= 0.3 is 0 Å². The van der Waals surface area contributed by atoms with Crippen molar-refractivity contribution in [2.75, 3.05) is 11.9 Å². The highest BCUT2D eigenvalue weighted by molar-refractivity contribution is 5.90. The predicted molar refractivity (Wildman–Crippen MR) is 61.8 cm³/mol. The molecule has 2 aromatic heterocycles. The minimum Gasteiger partial charge on any atom is -0.364 e. The molecule has 18 heavy (non-hydrogen) atoms. The summed E-state index contributed by atoms with van der Waals surface area (Å²) < 4.78 is 14.7. The van der Waals surface area contributed by atoms with Crippen molar-refractivity contribution in [3.63, 3.8) is 0 Å². The van der Waals surface area contributed by atoms with Crippen LogP contribution >= 0.6 is 0 Å². The van der Waals surface area contributed by atoms with E-state index in [1.165, 1.54) is 12.3 Å². The normalized spacial score (nSPS) is 10.3. The van der Waals surface area contributed by atoms with E-state index in [-0.39, 0.29) is 17.5 Å². The lowest BCUT2D eigenvalue weighted by atomic mass is 10.4. The maximum Gasteiger partial charge on any atom is 0.269 e. The Bertz CT molecular complexity index is 581. The number of nitrogens with two attached hydrogens (primary N) is 1. The van der Waals surface area contributed by atoms with E-state index < -0.39 is 11.7 Å². The van der Waals surface area contributed by atoms with Gasteiger partial charge in [-0.1, -0.05) is 0 Å². The first-order valence-corrected chi connectivity index (χ1v) is 5.24. The van der Waals surface area contributed by atoms with E-state index in [2.05, 4.69) is 20.4 Å². The molecule has 0 radical (unpaired) electrons. The molecule has 3 N–H and O–H groups in total. The second-order valence-electron chi connectivity index (χ2n) is 3.41. The van der Waals surface area contributed by atoms with Crippen molar-refractivity contribution in [2.45, 2.75) is 6.92 Å². The number of halogens is 1. The number of amides is 1. The van der Waals surface area contributed by atoms with Gasteiger partial charge in [-0.2, -0.15) is 10.1 Å². The summed E-state index contributed by atoms with van der Waals surface area (Å²) in [6, 6.07) is 1.39. The first kappa shape index (κ1) is 12.0. The molecular formula is C10H11FN6O. The molecule has 0 unspecified atom stereocenters. The van der Waals surface area contributed by atoms with Crippen LogP contribution in [0.15, 0.2) is 18.5 Å². The molecule has 0 saturated heterocycles. The van der Waals surface area contributed by atoms with Gasteiger partial charge in [-0.25, -0.2) is 14.1 Å². The fourth-order valence-corrected chi connectivity index (χ4v) is 1.34. The maximum absolute atomic E-state index is 13.6. The van der Waals surface area contributed by atoms with E-state index in [4.69, 9.17) is 5.73 Å². The van der Waals surface area contributed by atoms with Gasteiger partial charge in [0.15, 0.2) is 11.6 Å². The number of rotatable bonds is 4. The molecule has 0 aromatic carbocycles. The average Bonchev–Trinajstić information content (AvgIpc) is 2.81. The second-order valence-corrected chi connectivity index (χ2v) is 3.41. The molecule has 8 heteroatoms. The summed E-state index contributed by atoms with van der Waals surface area (Å²) in [5, 5.41) is 6.68. The molecule has 94 valence electrons. The van der Waals surface area contributed by atoms with E-state index >= 15 is 0 Å². The van der Waals surface area contributed by atoms with Crippen LogP contribution in [0.2, 0.25) is 0 Å². The van der Waals surface area contributed by atoms with Crippen molar-refractivity contribution in [1.82, 2.24) is 19.7 Å². The quantitative estimate of drug-likeness (QED) is 0.814. The second kappa shape index (κ2) is 4.78. The van der Waals surface area contributed by atoms with Crippen molar-refractivity contribution in [2.24, 2.45) is 5.73 Å². The number of carbonyl (C=O) groups is 1. The van der Waals surface area contributed by atoms with Crippen molar-refractivity contribution >= 4 is 11.9 Å². The van der Waals surface area contributed by atoms with Crippen LogP contribution < -0.4 is 11.1 Å². The molecule has 0 fully saturated rings. The van der Waals surface area contributed by atoms with Gasteiger partial charge in [-0.15, -0.1) is 0 Å². The fourth-order valence-electron chi connectivity index (χ4n) is 1.34. The summed E-state index contributed by atoms with van der Waals surface area (Å²) in [7, 11) is 0. The number of hydrogen-bond donors (Lipinski definition) is 2. The molecule has 2 aromatic rings. The van der Waals surface area contributed by atoms with Crippen LogP contribution in [0.4, 0.5) is 10.3 Å². The number of aromatic nitrogens is 4. The molecule has 0 aliphatic rings. The van der Waals surface area contributed by atoms with Crippen LogP contribution in [0.3, 0.4) is 0 Å². The van der Waals surface area contributed by atoms with Gasteiger partial charge < -0.3 is 11.1 Å². The molecule has 0 bridgehead atoms. The largest absolute Gasteiger partial charge is 0.364 e. The predicted octanol–water partition coefficient (Wildman–Crippen LogP) is 0.332. The summed E-state index contributed by atoms with van der Waals surface area (Å²) in [5.74, 6) is -1.09. The zero-order valence-electron chi connectivity index (χ0n) is 9.59. The van der Waals surface area contributed by atoms with Gasteiger partial charge in [0.2, 0.25) is 5.95 Å². The van der Waals surface area contributed by atoms with Crippen molar-refractivity contribution in [1.29, 1.82) is 0 Å². The lowest BCUT2D eigenvalue weighted by Crippen LogP contribution is -2.13. The van der Waals surface area contributed by atoms with E-state index in [0.29, 0.717) is 6.54 Å². The third kappa shape index (κ3) is 2.26. The molecule has 0 aliphatic carbocycles. The number of carbonyl (C=O) groups excluding carboxylic acids is 1. The smallest absolute Gasteiger partial charge is 0.269 e. The summed E-state index contributed by atoms with van der Waals surface area (Å²) in [6.07, 6.45) is 2.44. The van der Waals surface area contributed by atoms with Gasteiger partial charge in [0.25, 0.3) is 5.91 Å². The Hall–Kier alpha value is -2.51. The molecule has 0 aliphatic heterocycles. The van der Waals surface area contributed by atoms with Gasteiger partial charge in [-0.05, 0) is 13.0 Å². The highest BCUT2D eigenvalue weighted by atomic mass is 19.1. The zero-order valence-corrected chi connectivity index (χ0v) is 9.59. The van der Waals surface area contributed by atoms with Crippen molar-refractivity contribution in [3.8, 4) is 5.82 Å². The van der Waals surface area contributed by atoms with Crippen LogP contribution in [0.1, 0.15) is 17.4 Å². The Labute approximate surface area is 102 Å². The first-order valence-electron chi connectivity index (χ1n) is 5.24. The van der Waals surface area contributed by atoms with Gasteiger partial charge in [0.05, 0.1) is 6.20 Å². The highest BCUT2D eigenvalue weighted by Gasteiger charge is 2.12. The number of hydrogen-bond acceptors (Lipinski definition) is 5. The Kier molecular flexibility index (Phi) is 3.18. The average molecular weight is 250 g/mol. The number of nitrogens with zero attached hydrogens (tertiary/aromatic N) is 4. The minimum atomic E-state index is -0.685. The van der Waals surface area contributed by atoms with Gasteiger partial charge in [-0.3, -0.25) is 4.79 Å². The third-order valence-electron chi connectivity index (χ3n) is 2.12. The maximum atomic E-state index is 13.6. The summed E-state index contributed by atoms with van der Waals surface area (Å²) in [5.41, 5.74) is 5.11. The Balaban J connectivity index is 2.41. The van der Waals surface area contributed by atoms with Crippen LogP contribution in [0, 0.1) is 5.82 Å². The highest BCUT2D eigenvalue weighted by Crippen LogP contribution is 2.11. The first-order chi connectivity index (χ1) is 8.61. The lowest BCUT2D eigenvalue weighted by Gasteiger charge is -2.05. The summed E-state index contributed by atoms with van der Waals surface area (Å²) in [4.78, 5) is 18.6. The number of primary amides is 1. The fraction of sp³-hybridized carbons (Fsp3) is 0.200. The zero-order chi connectivity index (χ0) is 13.1.